The second-order valence-electron chi connectivity index (χ2n) is 11.0. The van der Waals surface area contributed by atoms with Crippen LogP contribution in [0.2, 0.25) is 0 Å². The number of nitrogens with zero attached hydrogens (tertiary/aromatic N) is 3. The number of hydrogen-bond donors (Lipinski definition) is 1. The third-order valence-electron chi connectivity index (χ3n) is 9.17. The van der Waals surface area contributed by atoms with Crippen molar-refractivity contribution in [2.24, 2.45) is 5.41 Å². The molecule has 0 radical (unpaired) electrons. The van der Waals surface area contributed by atoms with E-state index in [4.69, 9.17) is 9.72 Å². The van der Waals surface area contributed by atoms with Gasteiger partial charge >= 0.3 is 6.18 Å². The van der Waals surface area contributed by atoms with Crippen molar-refractivity contribution in [3.63, 3.8) is 0 Å². The number of alkyl halides is 3. The first-order chi connectivity index (χ1) is 16.4. The minimum Gasteiger partial charge on any atom is -0.375 e. The van der Waals surface area contributed by atoms with Crippen LogP contribution in [0.1, 0.15) is 87.7 Å². The molecule has 6 rings (SSSR count). The molecule has 1 N–H and O–H groups in total. The summed E-state index contributed by atoms with van der Waals surface area (Å²) in [4.78, 5) is 4.76. The number of fused-ring (bicyclic) bond motifs is 1. The molecule has 2 saturated carbocycles. The summed E-state index contributed by atoms with van der Waals surface area (Å²) in [5, 5.41) is 7.93. The van der Waals surface area contributed by atoms with Crippen LogP contribution in [0.3, 0.4) is 0 Å². The van der Waals surface area contributed by atoms with E-state index in [1.807, 2.05) is 18.3 Å². The van der Waals surface area contributed by atoms with E-state index in [1.54, 1.807) is 10.9 Å². The van der Waals surface area contributed by atoms with E-state index < -0.39 is 17.6 Å². The van der Waals surface area contributed by atoms with Crippen LogP contribution in [0, 0.1) is 5.41 Å². The van der Waals surface area contributed by atoms with Crippen LogP contribution in [0.5, 0.6) is 0 Å². The third kappa shape index (κ3) is 3.60. The van der Waals surface area contributed by atoms with Crippen molar-refractivity contribution in [2.75, 3.05) is 13.2 Å². The molecule has 2 aliphatic carbocycles. The van der Waals surface area contributed by atoms with E-state index in [9.17, 15) is 13.2 Å². The molecule has 34 heavy (non-hydrogen) atoms. The van der Waals surface area contributed by atoms with Gasteiger partial charge in [-0.15, -0.1) is 0 Å². The molecule has 1 unspecified atom stereocenters. The van der Waals surface area contributed by atoms with Crippen LogP contribution in [0.25, 0.3) is 0 Å². The van der Waals surface area contributed by atoms with E-state index in [0.717, 1.165) is 56.6 Å². The van der Waals surface area contributed by atoms with Crippen LogP contribution in [0.4, 0.5) is 13.2 Å². The number of halogens is 3. The molecule has 0 bridgehead atoms. The molecule has 0 amide bonds. The Morgan fingerprint density at radius 1 is 1.06 bits per heavy atom. The minimum atomic E-state index is -4.18. The van der Waals surface area contributed by atoms with E-state index >= 15 is 0 Å². The smallest absolute Gasteiger partial charge is 0.375 e. The molecule has 4 heterocycles. The maximum absolute atomic E-state index is 13.9. The Bertz CT molecular complexity index is 1010. The summed E-state index contributed by atoms with van der Waals surface area (Å²) < 4.78 is 49.6. The zero-order valence-corrected chi connectivity index (χ0v) is 19.5. The number of aromatic nitrogens is 3. The minimum absolute atomic E-state index is 0.0437. The lowest BCUT2D eigenvalue weighted by Crippen LogP contribution is -2.47. The van der Waals surface area contributed by atoms with Gasteiger partial charge in [0.15, 0.2) is 0 Å². The van der Waals surface area contributed by atoms with E-state index in [-0.39, 0.29) is 29.9 Å². The quantitative estimate of drug-likeness (QED) is 0.588. The molecule has 3 atom stereocenters. The topological polar surface area (TPSA) is 52.0 Å². The lowest BCUT2D eigenvalue weighted by molar-refractivity contribution is -0.200. The number of hydrogen-bond acceptors (Lipinski definition) is 4. The standard InChI is InChI=1S/C26H33F3N4O/c27-26(28,29)25(9-10-25)22-17-19(20-6-14-32-33(20)22)30-15-11-23(21-5-1-4-13-31-21)12-16-34-24(18-23)7-2-3-8-24/h1,4-6,13-14,19,22,30H,2-3,7-12,15-18H2/t19-,22-,23?/m0/s1. The fourth-order valence-electron chi connectivity index (χ4n) is 7.17. The Morgan fingerprint density at radius 3 is 2.59 bits per heavy atom. The van der Waals surface area contributed by atoms with E-state index in [0.29, 0.717) is 6.42 Å². The van der Waals surface area contributed by atoms with Crippen LogP contribution in [-0.2, 0) is 10.2 Å². The molecular formula is C26H33F3N4O. The highest BCUT2D eigenvalue weighted by Crippen LogP contribution is 2.67. The summed E-state index contributed by atoms with van der Waals surface area (Å²) in [6, 6.07) is 7.31. The first-order valence-electron chi connectivity index (χ1n) is 12.8. The van der Waals surface area contributed by atoms with Gasteiger partial charge in [-0.25, -0.2) is 0 Å². The Hall–Kier alpha value is -1.93. The number of rotatable bonds is 6. The van der Waals surface area contributed by atoms with Gasteiger partial charge in [0.25, 0.3) is 0 Å². The van der Waals surface area contributed by atoms with Gasteiger partial charge in [-0.2, -0.15) is 18.3 Å². The maximum atomic E-state index is 13.9. The summed E-state index contributed by atoms with van der Waals surface area (Å²) in [6.07, 6.45) is 7.63. The molecule has 2 aliphatic heterocycles. The van der Waals surface area contributed by atoms with Gasteiger partial charge in [0, 0.05) is 30.1 Å². The number of pyridine rings is 1. The molecule has 1 saturated heterocycles. The van der Waals surface area contributed by atoms with Crippen molar-refractivity contribution >= 4 is 0 Å². The van der Waals surface area contributed by atoms with Gasteiger partial charge < -0.3 is 10.1 Å². The van der Waals surface area contributed by atoms with Gasteiger partial charge in [0.05, 0.1) is 28.8 Å². The monoisotopic (exact) mass is 474 g/mol. The molecular weight excluding hydrogens is 441 g/mol. The van der Waals surface area contributed by atoms with E-state index in [1.165, 1.54) is 12.8 Å². The molecule has 4 aliphatic rings. The zero-order valence-electron chi connectivity index (χ0n) is 19.5. The highest BCUT2D eigenvalue weighted by atomic mass is 19.4. The predicted octanol–water partition coefficient (Wildman–Crippen LogP) is 5.65. The first kappa shape index (κ1) is 22.5. The average molecular weight is 475 g/mol. The lowest BCUT2D eigenvalue weighted by atomic mass is 9.68. The maximum Gasteiger partial charge on any atom is 0.396 e. The molecule has 2 aromatic heterocycles. The molecule has 2 aromatic rings. The van der Waals surface area contributed by atoms with Crippen molar-refractivity contribution in [1.82, 2.24) is 20.1 Å². The van der Waals surface area contributed by atoms with E-state index in [2.05, 4.69) is 22.5 Å². The summed E-state index contributed by atoms with van der Waals surface area (Å²) in [7, 11) is 0. The van der Waals surface area contributed by atoms with Crippen LogP contribution >= 0.6 is 0 Å². The number of nitrogens with one attached hydrogen (secondary N) is 1. The Kier molecular flexibility index (Phi) is 5.33. The van der Waals surface area contributed by atoms with Crippen molar-refractivity contribution in [2.45, 2.75) is 93.5 Å². The van der Waals surface area contributed by atoms with Crippen LogP contribution < -0.4 is 5.32 Å². The average Bonchev–Trinajstić information content (AvgIpc) is 3.13. The molecule has 184 valence electrons. The van der Waals surface area contributed by atoms with Gasteiger partial charge in [0.2, 0.25) is 0 Å². The molecule has 0 aromatic carbocycles. The summed E-state index contributed by atoms with van der Waals surface area (Å²) in [6.45, 7) is 1.47. The van der Waals surface area contributed by atoms with Crippen LogP contribution in [-0.4, -0.2) is 39.7 Å². The van der Waals surface area contributed by atoms with Crippen molar-refractivity contribution in [3.8, 4) is 0 Å². The summed E-state index contributed by atoms with van der Waals surface area (Å²) >= 11 is 0. The Morgan fingerprint density at radius 2 is 1.88 bits per heavy atom. The molecule has 3 fully saturated rings. The van der Waals surface area contributed by atoms with Crippen molar-refractivity contribution in [3.05, 3.63) is 48.0 Å². The van der Waals surface area contributed by atoms with Crippen molar-refractivity contribution in [1.29, 1.82) is 0 Å². The highest BCUT2D eigenvalue weighted by molar-refractivity contribution is 5.22. The number of ether oxygens (including phenoxy) is 1. The Balaban J connectivity index is 1.19. The second kappa shape index (κ2) is 8.05. The SMILES string of the molecule is FC(F)(F)C1([C@@H]2C[C@H](NCCC3(c4ccccn4)CCOC4(CCCC4)C3)c3ccnn32)CC1. The summed E-state index contributed by atoms with van der Waals surface area (Å²) in [5.41, 5.74) is 0.285. The normalized spacial score (nSPS) is 31.6. The summed E-state index contributed by atoms with van der Waals surface area (Å²) in [5.74, 6) is 0. The van der Waals surface area contributed by atoms with Gasteiger partial charge in [0.1, 0.15) is 0 Å². The predicted molar refractivity (Wildman–Crippen MR) is 121 cm³/mol. The third-order valence-corrected chi connectivity index (χ3v) is 9.17. The van der Waals surface area contributed by atoms with Crippen molar-refractivity contribution < 1.29 is 17.9 Å². The molecule has 1 spiro atoms. The zero-order chi connectivity index (χ0) is 23.4. The lowest BCUT2D eigenvalue weighted by Gasteiger charge is -2.46. The fraction of sp³-hybridized carbons (Fsp3) is 0.692. The van der Waals surface area contributed by atoms with Gasteiger partial charge in [-0.1, -0.05) is 18.9 Å². The Labute approximate surface area is 198 Å². The highest BCUT2D eigenvalue weighted by Gasteiger charge is 2.69. The molecule has 8 heteroatoms. The fourth-order valence-corrected chi connectivity index (χ4v) is 7.17. The van der Waals surface area contributed by atoms with Crippen LogP contribution in [0.15, 0.2) is 36.7 Å². The largest absolute Gasteiger partial charge is 0.396 e. The second-order valence-corrected chi connectivity index (χ2v) is 11.0. The first-order valence-corrected chi connectivity index (χ1v) is 12.8. The molecule has 5 nitrogen and oxygen atoms in total. The van der Waals surface area contributed by atoms with Gasteiger partial charge in [-0.05, 0) is 76.1 Å². The van der Waals surface area contributed by atoms with Gasteiger partial charge in [-0.3, -0.25) is 9.67 Å².